The van der Waals surface area contributed by atoms with Crippen molar-refractivity contribution in [1.29, 1.82) is 0 Å². The van der Waals surface area contributed by atoms with Crippen molar-refractivity contribution in [2.75, 3.05) is 13.7 Å². The number of aromatic nitrogens is 3. The Labute approximate surface area is 107 Å². The standard InChI is InChI=1S/C13H18N4O/c1-3-18-12-6-4-11(5-7-12)13(14-2)8-17-10-15-9-16-17/h4-7,9-10,13-14H,3,8H2,1-2H3. The summed E-state index contributed by atoms with van der Waals surface area (Å²) >= 11 is 0. The van der Waals surface area contributed by atoms with Gasteiger partial charge in [0.1, 0.15) is 18.4 Å². The van der Waals surface area contributed by atoms with Crippen molar-refractivity contribution in [2.45, 2.75) is 19.5 Å². The lowest BCUT2D eigenvalue weighted by Gasteiger charge is -2.16. The topological polar surface area (TPSA) is 52.0 Å². The van der Waals surface area contributed by atoms with Crippen LogP contribution in [0.4, 0.5) is 0 Å². The number of likely N-dealkylation sites (N-methyl/N-ethyl adjacent to an activating group) is 1. The minimum atomic E-state index is 0.211. The Morgan fingerprint density at radius 2 is 2.11 bits per heavy atom. The van der Waals surface area contributed by atoms with Gasteiger partial charge in [0.15, 0.2) is 0 Å². The molecule has 96 valence electrons. The third kappa shape index (κ3) is 3.07. The second-order valence-electron chi connectivity index (χ2n) is 3.96. The maximum Gasteiger partial charge on any atom is 0.137 e. The first kappa shape index (κ1) is 12.6. The lowest BCUT2D eigenvalue weighted by atomic mass is 10.1. The van der Waals surface area contributed by atoms with Crippen LogP contribution in [0.25, 0.3) is 0 Å². The summed E-state index contributed by atoms with van der Waals surface area (Å²) in [4.78, 5) is 3.95. The first-order valence-corrected chi connectivity index (χ1v) is 6.06. The summed E-state index contributed by atoms with van der Waals surface area (Å²) in [6.07, 6.45) is 3.27. The van der Waals surface area contributed by atoms with Gasteiger partial charge in [-0.2, -0.15) is 5.10 Å². The van der Waals surface area contributed by atoms with E-state index in [1.165, 1.54) is 5.56 Å². The Bertz CT molecular complexity index is 452. The van der Waals surface area contributed by atoms with E-state index < -0.39 is 0 Å². The molecule has 5 nitrogen and oxygen atoms in total. The molecule has 1 atom stereocenters. The van der Waals surface area contributed by atoms with Crippen LogP contribution in [0.2, 0.25) is 0 Å². The van der Waals surface area contributed by atoms with Crippen LogP contribution in [0, 0.1) is 0 Å². The second kappa shape index (κ2) is 6.16. The molecule has 0 aliphatic heterocycles. The molecule has 0 bridgehead atoms. The predicted octanol–water partition coefficient (Wildman–Crippen LogP) is 1.64. The van der Waals surface area contributed by atoms with Gasteiger partial charge >= 0.3 is 0 Å². The summed E-state index contributed by atoms with van der Waals surface area (Å²) in [6, 6.07) is 8.34. The maximum absolute atomic E-state index is 5.43. The van der Waals surface area contributed by atoms with Gasteiger partial charge in [-0.05, 0) is 31.7 Å². The Morgan fingerprint density at radius 1 is 1.33 bits per heavy atom. The second-order valence-corrected chi connectivity index (χ2v) is 3.96. The van der Waals surface area contributed by atoms with E-state index >= 15 is 0 Å². The maximum atomic E-state index is 5.43. The summed E-state index contributed by atoms with van der Waals surface area (Å²) in [5, 5.41) is 7.40. The van der Waals surface area contributed by atoms with E-state index in [9.17, 15) is 0 Å². The van der Waals surface area contributed by atoms with E-state index in [0.717, 1.165) is 12.3 Å². The predicted molar refractivity (Wildman–Crippen MR) is 69.4 cm³/mol. The minimum absolute atomic E-state index is 0.211. The zero-order chi connectivity index (χ0) is 12.8. The molecule has 5 heteroatoms. The monoisotopic (exact) mass is 246 g/mol. The molecule has 0 saturated carbocycles. The molecular weight excluding hydrogens is 228 g/mol. The van der Waals surface area contributed by atoms with Crippen molar-refractivity contribution < 1.29 is 4.74 Å². The third-order valence-electron chi connectivity index (χ3n) is 2.78. The van der Waals surface area contributed by atoms with Gasteiger partial charge in [-0.3, -0.25) is 4.68 Å². The number of benzene rings is 1. The van der Waals surface area contributed by atoms with Crippen LogP contribution in [0.3, 0.4) is 0 Å². The molecule has 0 fully saturated rings. The highest BCUT2D eigenvalue weighted by Gasteiger charge is 2.10. The van der Waals surface area contributed by atoms with Crippen molar-refractivity contribution >= 4 is 0 Å². The van der Waals surface area contributed by atoms with Crippen molar-refractivity contribution in [3.05, 3.63) is 42.5 Å². The SMILES string of the molecule is CCOc1ccc(C(Cn2cncn2)NC)cc1. The Hall–Kier alpha value is -1.88. The number of ether oxygens (including phenoxy) is 1. The quantitative estimate of drug-likeness (QED) is 0.842. The van der Waals surface area contributed by atoms with Gasteiger partial charge in [0.05, 0.1) is 19.2 Å². The Morgan fingerprint density at radius 3 is 2.67 bits per heavy atom. The average molecular weight is 246 g/mol. The van der Waals surface area contributed by atoms with Crippen molar-refractivity contribution in [3.63, 3.8) is 0 Å². The van der Waals surface area contributed by atoms with Crippen molar-refractivity contribution in [1.82, 2.24) is 20.1 Å². The number of nitrogens with one attached hydrogen (secondary N) is 1. The molecule has 1 aromatic heterocycles. The lowest BCUT2D eigenvalue weighted by molar-refractivity contribution is 0.340. The average Bonchev–Trinajstić information content (AvgIpc) is 2.90. The molecule has 0 amide bonds. The first-order valence-electron chi connectivity index (χ1n) is 6.06. The van der Waals surface area contributed by atoms with E-state index in [-0.39, 0.29) is 6.04 Å². The summed E-state index contributed by atoms with van der Waals surface area (Å²) in [5.74, 6) is 0.900. The fourth-order valence-corrected chi connectivity index (χ4v) is 1.84. The highest BCUT2D eigenvalue weighted by Crippen LogP contribution is 2.18. The summed E-state index contributed by atoms with van der Waals surface area (Å²) in [5.41, 5.74) is 1.21. The zero-order valence-corrected chi connectivity index (χ0v) is 10.7. The van der Waals surface area contributed by atoms with E-state index in [4.69, 9.17) is 4.74 Å². The fourth-order valence-electron chi connectivity index (χ4n) is 1.84. The van der Waals surface area contributed by atoms with Crippen LogP contribution < -0.4 is 10.1 Å². The van der Waals surface area contributed by atoms with Gasteiger partial charge in [0.25, 0.3) is 0 Å². The molecule has 1 unspecified atom stereocenters. The van der Waals surface area contributed by atoms with Gasteiger partial charge in [-0.1, -0.05) is 12.1 Å². The summed E-state index contributed by atoms with van der Waals surface area (Å²) in [7, 11) is 1.94. The lowest BCUT2D eigenvalue weighted by Crippen LogP contribution is -2.22. The van der Waals surface area contributed by atoms with Crippen LogP contribution in [0.15, 0.2) is 36.9 Å². The van der Waals surface area contributed by atoms with E-state index in [1.54, 1.807) is 12.7 Å². The van der Waals surface area contributed by atoms with E-state index in [2.05, 4.69) is 27.5 Å². The summed E-state index contributed by atoms with van der Waals surface area (Å²) < 4.78 is 7.25. The van der Waals surface area contributed by atoms with Crippen LogP contribution in [0.5, 0.6) is 5.75 Å². The van der Waals surface area contributed by atoms with Crippen LogP contribution >= 0.6 is 0 Å². The first-order chi connectivity index (χ1) is 8.83. The van der Waals surface area contributed by atoms with Gasteiger partial charge in [-0.25, -0.2) is 4.98 Å². The van der Waals surface area contributed by atoms with Gasteiger partial charge in [-0.15, -0.1) is 0 Å². The molecule has 1 N–H and O–H groups in total. The highest BCUT2D eigenvalue weighted by molar-refractivity contribution is 5.29. The third-order valence-corrected chi connectivity index (χ3v) is 2.78. The normalized spacial score (nSPS) is 12.3. The number of rotatable bonds is 6. The molecule has 0 aliphatic rings. The molecule has 1 aromatic carbocycles. The largest absolute Gasteiger partial charge is 0.494 e. The Kier molecular flexibility index (Phi) is 4.30. The molecular formula is C13H18N4O. The van der Waals surface area contributed by atoms with E-state index in [0.29, 0.717) is 6.61 Å². The molecule has 0 spiro atoms. The van der Waals surface area contributed by atoms with Gasteiger partial charge in [0, 0.05) is 0 Å². The molecule has 0 radical (unpaired) electrons. The zero-order valence-electron chi connectivity index (χ0n) is 10.7. The fraction of sp³-hybridized carbons (Fsp3) is 0.385. The molecule has 0 aliphatic carbocycles. The molecule has 1 heterocycles. The number of hydrogen-bond donors (Lipinski definition) is 1. The van der Waals surface area contributed by atoms with Crippen LogP contribution in [-0.4, -0.2) is 28.4 Å². The highest BCUT2D eigenvalue weighted by atomic mass is 16.5. The van der Waals surface area contributed by atoms with Crippen LogP contribution in [0.1, 0.15) is 18.5 Å². The Balaban J connectivity index is 2.07. The van der Waals surface area contributed by atoms with Crippen LogP contribution in [-0.2, 0) is 6.54 Å². The summed E-state index contributed by atoms with van der Waals surface area (Å²) in [6.45, 7) is 3.42. The van der Waals surface area contributed by atoms with Gasteiger partial charge < -0.3 is 10.1 Å². The molecule has 2 rings (SSSR count). The molecule has 2 aromatic rings. The number of nitrogens with zero attached hydrogens (tertiary/aromatic N) is 3. The van der Waals surface area contributed by atoms with Crippen molar-refractivity contribution in [3.8, 4) is 5.75 Å². The smallest absolute Gasteiger partial charge is 0.137 e. The molecule has 0 saturated heterocycles. The number of hydrogen-bond acceptors (Lipinski definition) is 4. The molecule has 18 heavy (non-hydrogen) atoms. The minimum Gasteiger partial charge on any atom is -0.494 e. The van der Waals surface area contributed by atoms with Crippen molar-refractivity contribution in [2.24, 2.45) is 0 Å². The van der Waals surface area contributed by atoms with E-state index in [1.807, 2.05) is 30.8 Å². The van der Waals surface area contributed by atoms with Gasteiger partial charge in [0.2, 0.25) is 0 Å².